The van der Waals surface area contributed by atoms with Gasteiger partial charge in [-0.3, -0.25) is 0 Å². The Morgan fingerprint density at radius 2 is 1.75 bits per heavy atom. The van der Waals surface area contributed by atoms with Crippen molar-refractivity contribution in [1.29, 1.82) is 0 Å². The Kier molecular flexibility index (Phi) is 1.53. The van der Waals surface area contributed by atoms with E-state index in [1.165, 1.54) is 6.42 Å². The molecule has 2 heterocycles. The zero-order chi connectivity index (χ0) is 10.5. The molecule has 4 rings (SSSR count). The lowest BCUT2D eigenvalue weighted by molar-refractivity contribution is 0.776. The molecule has 0 bridgehead atoms. The van der Waals surface area contributed by atoms with E-state index in [0.717, 1.165) is 41.9 Å². The number of hydrogen-bond acceptors (Lipinski definition) is 4. The zero-order valence-corrected chi connectivity index (χ0v) is 8.87. The fraction of sp³-hybridized carbons (Fsp3) is 0.417. The summed E-state index contributed by atoms with van der Waals surface area (Å²) < 4.78 is 0. The zero-order valence-electron chi connectivity index (χ0n) is 8.87. The van der Waals surface area contributed by atoms with Gasteiger partial charge in [-0.15, -0.1) is 10.2 Å². The summed E-state index contributed by atoms with van der Waals surface area (Å²) >= 11 is 0. The van der Waals surface area contributed by atoms with Crippen LogP contribution in [0, 0.1) is 11.8 Å². The minimum Gasteiger partial charge on any atom is -0.339 e. The summed E-state index contributed by atoms with van der Waals surface area (Å²) in [7, 11) is 0. The van der Waals surface area contributed by atoms with Gasteiger partial charge in [0.15, 0.2) is 0 Å². The van der Waals surface area contributed by atoms with Gasteiger partial charge in [-0.2, -0.15) is 0 Å². The van der Waals surface area contributed by atoms with Gasteiger partial charge < -0.3 is 4.90 Å². The van der Waals surface area contributed by atoms with Crippen LogP contribution in [0.15, 0.2) is 24.3 Å². The van der Waals surface area contributed by atoms with Crippen molar-refractivity contribution in [2.75, 3.05) is 18.0 Å². The van der Waals surface area contributed by atoms with E-state index in [4.69, 9.17) is 0 Å². The maximum Gasteiger partial charge on any atom is 0.245 e. The fourth-order valence-electron chi connectivity index (χ4n) is 2.57. The molecule has 1 aliphatic carbocycles. The first-order valence-corrected chi connectivity index (χ1v) is 5.74. The topological polar surface area (TPSA) is 41.9 Å². The van der Waals surface area contributed by atoms with Crippen molar-refractivity contribution in [3.63, 3.8) is 0 Å². The number of piperidine rings is 1. The van der Waals surface area contributed by atoms with E-state index in [-0.39, 0.29) is 0 Å². The summed E-state index contributed by atoms with van der Waals surface area (Å²) in [5.74, 6) is 2.59. The lowest BCUT2D eigenvalue weighted by Crippen LogP contribution is -2.24. The van der Waals surface area contributed by atoms with Crippen LogP contribution in [0.1, 0.15) is 6.42 Å². The molecule has 4 heteroatoms. The quantitative estimate of drug-likeness (QED) is 0.718. The fourth-order valence-corrected chi connectivity index (χ4v) is 2.57. The molecule has 0 amide bonds. The van der Waals surface area contributed by atoms with Crippen LogP contribution in [0.2, 0.25) is 0 Å². The van der Waals surface area contributed by atoms with E-state index in [1.807, 2.05) is 24.3 Å². The smallest absolute Gasteiger partial charge is 0.245 e. The van der Waals surface area contributed by atoms with E-state index < -0.39 is 0 Å². The molecule has 0 radical (unpaired) electrons. The molecule has 16 heavy (non-hydrogen) atoms. The van der Waals surface area contributed by atoms with Crippen LogP contribution in [0.3, 0.4) is 0 Å². The van der Waals surface area contributed by atoms with E-state index in [0.29, 0.717) is 0 Å². The summed E-state index contributed by atoms with van der Waals surface area (Å²) in [4.78, 5) is 6.83. The van der Waals surface area contributed by atoms with Crippen LogP contribution in [-0.4, -0.2) is 28.3 Å². The number of fused-ring (bicyclic) bond motifs is 2. The summed E-state index contributed by atoms with van der Waals surface area (Å²) in [5, 5.41) is 8.42. The van der Waals surface area contributed by atoms with E-state index in [2.05, 4.69) is 20.1 Å². The number of rotatable bonds is 1. The molecule has 2 fully saturated rings. The summed E-state index contributed by atoms with van der Waals surface area (Å²) in [6, 6.07) is 7.89. The number of nitrogens with zero attached hydrogens (tertiary/aromatic N) is 4. The number of benzene rings is 1. The first-order chi connectivity index (χ1) is 7.90. The molecule has 1 aliphatic heterocycles. The van der Waals surface area contributed by atoms with E-state index >= 15 is 0 Å². The van der Waals surface area contributed by atoms with Crippen molar-refractivity contribution in [3.8, 4) is 0 Å². The number of aromatic nitrogens is 3. The molecule has 0 spiro atoms. The minimum atomic E-state index is 0.797. The highest BCUT2D eigenvalue weighted by atomic mass is 15.3. The molecule has 1 aromatic heterocycles. The van der Waals surface area contributed by atoms with Crippen LogP contribution in [-0.2, 0) is 0 Å². The van der Waals surface area contributed by atoms with E-state index in [9.17, 15) is 0 Å². The molecule has 80 valence electrons. The number of para-hydroxylation sites is 1. The van der Waals surface area contributed by atoms with Crippen molar-refractivity contribution in [2.24, 2.45) is 11.8 Å². The predicted molar refractivity (Wildman–Crippen MR) is 61.1 cm³/mol. The summed E-state index contributed by atoms with van der Waals surface area (Å²) in [6.07, 6.45) is 1.40. The largest absolute Gasteiger partial charge is 0.339 e. The normalized spacial score (nSPS) is 27.1. The van der Waals surface area contributed by atoms with Gasteiger partial charge in [-0.05, 0) is 30.4 Å². The molecule has 1 saturated carbocycles. The second-order valence-corrected chi connectivity index (χ2v) is 4.76. The third kappa shape index (κ3) is 1.19. The van der Waals surface area contributed by atoms with Gasteiger partial charge in [0.05, 0.1) is 5.52 Å². The third-order valence-corrected chi connectivity index (χ3v) is 3.61. The van der Waals surface area contributed by atoms with Gasteiger partial charge in [-0.25, -0.2) is 4.98 Å². The van der Waals surface area contributed by atoms with Gasteiger partial charge >= 0.3 is 0 Å². The molecule has 2 unspecified atom stereocenters. The molecule has 0 N–H and O–H groups in total. The van der Waals surface area contributed by atoms with Gasteiger partial charge in [0.25, 0.3) is 0 Å². The van der Waals surface area contributed by atoms with Crippen molar-refractivity contribution < 1.29 is 0 Å². The second-order valence-electron chi connectivity index (χ2n) is 4.76. The molecular weight excluding hydrogens is 200 g/mol. The molecule has 1 saturated heterocycles. The highest BCUT2D eigenvalue weighted by molar-refractivity contribution is 5.74. The van der Waals surface area contributed by atoms with Crippen molar-refractivity contribution in [2.45, 2.75) is 6.42 Å². The molecule has 2 aliphatic rings. The second kappa shape index (κ2) is 2.90. The van der Waals surface area contributed by atoms with Gasteiger partial charge in [-0.1, -0.05) is 12.1 Å². The van der Waals surface area contributed by atoms with Crippen molar-refractivity contribution in [1.82, 2.24) is 15.2 Å². The first kappa shape index (κ1) is 8.44. The number of anilines is 1. The highest BCUT2D eigenvalue weighted by Gasteiger charge is 2.45. The third-order valence-electron chi connectivity index (χ3n) is 3.61. The van der Waals surface area contributed by atoms with Crippen LogP contribution in [0.4, 0.5) is 5.95 Å². The maximum absolute atomic E-state index is 4.56. The van der Waals surface area contributed by atoms with E-state index in [1.54, 1.807) is 0 Å². The first-order valence-electron chi connectivity index (χ1n) is 5.74. The lowest BCUT2D eigenvalue weighted by atomic mass is 10.3. The summed E-state index contributed by atoms with van der Waals surface area (Å²) in [5.41, 5.74) is 1.81. The van der Waals surface area contributed by atoms with Crippen LogP contribution >= 0.6 is 0 Å². The Balaban J connectivity index is 1.75. The molecule has 4 nitrogen and oxygen atoms in total. The Morgan fingerprint density at radius 1 is 1.00 bits per heavy atom. The Hall–Kier alpha value is -1.71. The Morgan fingerprint density at radius 3 is 2.56 bits per heavy atom. The summed E-state index contributed by atoms with van der Waals surface area (Å²) in [6.45, 7) is 2.23. The molecular formula is C12H12N4. The van der Waals surface area contributed by atoms with Crippen molar-refractivity contribution >= 4 is 17.0 Å². The predicted octanol–water partition coefficient (Wildman–Crippen LogP) is 1.48. The SMILES string of the molecule is c1ccc2nc(N3CC4CC4C3)nnc2c1. The average molecular weight is 212 g/mol. The van der Waals surface area contributed by atoms with Crippen LogP contribution in [0.5, 0.6) is 0 Å². The van der Waals surface area contributed by atoms with Gasteiger partial charge in [0.2, 0.25) is 5.95 Å². The average Bonchev–Trinajstić information content (AvgIpc) is 2.96. The standard InChI is InChI=1S/C12H12N4/c1-2-4-11-10(3-1)13-12(15-14-11)16-6-8-5-9(8)7-16/h1-4,8-9H,5-7H2. The van der Waals surface area contributed by atoms with Gasteiger partial charge in [0.1, 0.15) is 5.52 Å². The van der Waals surface area contributed by atoms with Crippen LogP contribution < -0.4 is 4.90 Å². The minimum absolute atomic E-state index is 0.797. The Bertz CT molecular complexity index is 543. The maximum atomic E-state index is 4.56. The molecule has 2 atom stereocenters. The number of hydrogen-bond donors (Lipinski definition) is 0. The highest BCUT2D eigenvalue weighted by Crippen LogP contribution is 2.45. The Labute approximate surface area is 93.3 Å². The van der Waals surface area contributed by atoms with Crippen molar-refractivity contribution in [3.05, 3.63) is 24.3 Å². The molecule has 1 aromatic carbocycles. The lowest BCUT2D eigenvalue weighted by Gasteiger charge is -2.16. The van der Waals surface area contributed by atoms with Crippen LogP contribution in [0.25, 0.3) is 11.0 Å². The van der Waals surface area contributed by atoms with Gasteiger partial charge in [0, 0.05) is 13.1 Å². The molecule has 2 aromatic rings. The monoisotopic (exact) mass is 212 g/mol.